The monoisotopic (exact) mass is 413 g/mol. The Hall–Kier alpha value is -1.60. The van der Waals surface area contributed by atoms with Gasteiger partial charge in [-0.3, -0.25) is 4.57 Å². The maximum Gasteiger partial charge on any atom is 0.192 e. The molecule has 4 unspecified atom stereocenters. The van der Waals surface area contributed by atoms with Crippen molar-refractivity contribution >= 4 is 23.1 Å². The minimum atomic E-state index is 0.441. The van der Waals surface area contributed by atoms with Gasteiger partial charge >= 0.3 is 0 Å². The van der Waals surface area contributed by atoms with Gasteiger partial charge in [0.2, 0.25) is 0 Å². The number of rotatable bonds is 7. The van der Waals surface area contributed by atoms with Crippen LogP contribution < -0.4 is 0 Å². The lowest BCUT2D eigenvalue weighted by atomic mass is 9.84. The lowest BCUT2D eigenvalue weighted by Gasteiger charge is -2.30. The van der Waals surface area contributed by atoms with E-state index in [0.717, 1.165) is 46.9 Å². The van der Waals surface area contributed by atoms with Crippen LogP contribution in [0.1, 0.15) is 51.4 Å². The molecule has 2 aliphatic rings. The van der Waals surface area contributed by atoms with Crippen molar-refractivity contribution in [2.24, 2.45) is 17.8 Å². The van der Waals surface area contributed by atoms with Gasteiger partial charge in [-0.05, 0) is 62.3 Å². The number of imidazole rings is 1. The molecule has 5 rings (SSSR count). The zero-order valence-corrected chi connectivity index (χ0v) is 18.1. The van der Waals surface area contributed by atoms with Gasteiger partial charge in [0.25, 0.3) is 0 Å². The summed E-state index contributed by atoms with van der Waals surface area (Å²) >= 11 is 3.52. The maximum atomic E-state index is 4.63. The lowest BCUT2D eigenvalue weighted by Crippen LogP contribution is -2.23. The number of thiophene rings is 1. The number of aromatic nitrogens is 5. The van der Waals surface area contributed by atoms with Gasteiger partial charge in [-0.1, -0.05) is 24.2 Å². The molecule has 4 atom stereocenters. The van der Waals surface area contributed by atoms with Crippen LogP contribution in [-0.4, -0.2) is 24.3 Å². The Morgan fingerprint density at radius 3 is 2.93 bits per heavy atom. The summed E-state index contributed by atoms with van der Waals surface area (Å²) in [4.78, 5) is 5.74. The summed E-state index contributed by atoms with van der Waals surface area (Å²) in [5.74, 6) is 5.55. The molecule has 0 amide bonds. The highest BCUT2D eigenvalue weighted by molar-refractivity contribution is 7.98. The molecule has 0 spiro atoms. The van der Waals surface area contributed by atoms with E-state index in [0.29, 0.717) is 6.04 Å². The van der Waals surface area contributed by atoms with E-state index < -0.39 is 0 Å². The van der Waals surface area contributed by atoms with Crippen LogP contribution in [0.25, 0.3) is 10.7 Å². The first kappa shape index (κ1) is 18.4. The van der Waals surface area contributed by atoms with Crippen molar-refractivity contribution in [2.45, 2.75) is 63.0 Å². The zero-order valence-electron chi connectivity index (χ0n) is 16.5. The van der Waals surface area contributed by atoms with Crippen LogP contribution >= 0.6 is 23.1 Å². The normalized spacial score (nSPS) is 24.9. The van der Waals surface area contributed by atoms with Gasteiger partial charge in [-0.2, -0.15) is 0 Å². The Morgan fingerprint density at radius 2 is 2.21 bits per heavy atom. The molecule has 3 heterocycles. The molecule has 7 heteroatoms. The van der Waals surface area contributed by atoms with Crippen LogP contribution in [0, 0.1) is 17.8 Å². The lowest BCUT2D eigenvalue weighted by molar-refractivity contribution is 0.235. The molecule has 3 aromatic rings. The van der Waals surface area contributed by atoms with Crippen molar-refractivity contribution in [2.75, 3.05) is 0 Å². The third kappa shape index (κ3) is 3.22. The highest BCUT2D eigenvalue weighted by Gasteiger charge is 2.43. The Morgan fingerprint density at radius 1 is 1.29 bits per heavy atom. The first-order chi connectivity index (χ1) is 13.7. The molecule has 148 valence electrons. The average Bonchev–Trinajstić information content (AvgIpc) is 3.52. The molecule has 3 aromatic heterocycles. The minimum absolute atomic E-state index is 0.441. The fourth-order valence-corrected chi connectivity index (χ4v) is 6.98. The van der Waals surface area contributed by atoms with Crippen LogP contribution in [0.5, 0.6) is 0 Å². The molecule has 28 heavy (non-hydrogen) atoms. The van der Waals surface area contributed by atoms with Gasteiger partial charge in [0.1, 0.15) is 5.82 Å². The number of hydrogen-bond donors (Lipinski definition) is 0. The number of aryl methyl sites for hydroxylation is 1. The topological polar surface area (TPSA) is 48.5 Å². The molecule has 0 radical (unpaired) electrons. The van der Waals surface area contributed by atoms with Gasteiger partial charge < -0.3 is 4.57 Å². The number of hydrogen-bond acceptors (Lipinski definition) is 5. The van der Waals surface area contributed by atoms with Gasteiger partial charge in [-0.15, -0.1) is 21.5 Å². The fourth-order valence-electron chi connectivity index (χ4n) is 5.29. The minimum Gasteiger partial charge on any atom is -0.335 e. The smallest absolute Gasteiger partial charge is 0.192 e. The largest absolute Gasteiger partial charge is 0.335 e. The van der Waals surface area contributed by atoms with E-state index in [9.17, 15) is 0 Å². The molecular weight excluding hydrogens is 386 g/mol. The van der Waals surface area contributed by atoms with Gasteiger partial charge in [0, 0.05) is 25.0 Å². The molecule has 0 aromatic carbocycles. The van der Waals surface area contributed by atoms with Crippen LogP contribution in [0.3, 0.4) is 0 Å². The van der Waals surface area contributed by atoms with E-state index in [4.69, 9.17) is 0 Å². The zero-order chi connectivity index (χ0) is 19.1. The Kier molecular flexibility index (Phi) is 5.05. The van der Waals surface area contributed by atoms with Crippen molar-refractivity contribution in [3.8, 4) is 10.7 Å². The summed E-state index contributed by atoms with van der Waals surface area (Å²) in [6, 6.07) is 4.71. The van der Waals surface area contributed by atoms with E-state index in [1.807, 2.05) is 6.20 Å². The van der Waals surface area contributed by atoms with Crippen molar-refractivity contribution in [3.63, 3.8) is 0 Å². The van der Waals surface area contributed by atoms with Crippen molar-refractivity contribution in [1.29, 1.82) is 0 Å². The summed E-state index contributed by atoms with van der Waals surface area (Å²) in [6.45, 7) is 5.50. The summed E-state index contributed by atoms with van der Waals surface area (Å²) in [7, 11) is 0. The molecule has 2 aliphatic carbocycles. The summed E-state index contributed by atoms with van der Waals surface area (Å²) in [6.07, 6.45) is 9.59. The maximum absolute atomic E-state index is 4.63. The Bertz CT molecular complexity index is 929. The number of nitrogens with zero attached hydrogens (tertiary/aromatic N) is 5. The van der Waals surface area contributed by atoms with E-state index in [2.05, 4.69) is 61.9 Å². The molecular formula is C21H27N5S2. The predicted octanol–water partition coefficient (Wildman–Crippen LogP) is 5.51. The van der Waals surface area contributed by atoms with E-state index in [1.54, 1.807) is 23.1 Å². The highest BCUT2D eigenvalue weighted by atomic mass is 32.2. The fraction of sp³-hybridized carbons (Fsp3) is 0.571. The highest BCUT2D eigenvalue weighted by Crippen LogP contribution is 2.53. The van der Waals surface area contributed by atoms with E-state index >= 15 is 0 Å². The molecule has 5 nitrogen and oxygen atoms in total. The van der Waals surface area contributed by atoms with Crippen LogP contribution in [0.15, 0.2) is 35.1 Å². The SMILES string of the molecule is CCn1ccnc1CSc1nnc(-c2cccs2)n1C(C)C1CC2CCC1C2. The van der Waals surface area contributed by atoms with Gasteiger partial charge in [0.15, 0.2) is 11.0 Å². The number of fused-ring (bicyclic) bond motifs is 2. The van der Waals surface area contributed by atoms with Crippen LogP contribution in [0.4, 0.5) is 0 Å². The van der Waals surface area contributed by atoms with Crippen LogP contribution in [0.2, 0.25) is 0 Å². The second-order valence-electron chi connectivity index (χ2n) is 8.15. The predicted molar refractivity (Wildman–Crippen MR) is 114 cm³/mol. The second-order valence-corrected chi connectivity index (χ2v) is 10.0. The molecule has 0 aliphatic heterocycles. The van der Waals surface area contributed by atoms with Gasteiger partial charge in [0.05, 0.1) is 10.6 Å². The van der Waals surface area contributed by atoms with E-state index in [-0.39, 0.29) is 0 Å². The first-order valence-corrected chi connectivity index (χ1v) is 12.2. The van der Waals surface area contributed by atoms with Crippen LogP contribution in [-0.2, 0) is 12.3 Å². The summed E-state index contributed by atoms with van der Waals surface area (Å²) in [5, 5.41) is 12.4. The number of thioether (sulfide) groups is 1. The third-order valence-electron chi connectivity index (χ3n) is 6.70. The molecule has 2 fully saturated rings. The Labute approximate surface area is 174 Å². The standard InChI is InChI=1S/C21H27N5S2/c1-3-25-9-8-22-19(25)13-28-21-24-23-20(18-5-4-10-27-18)26(21)14(2)17-12-15-6-7-16(17)11-15/h4-5,8-10,14-17H,3,6-7,11-13H2,1-2H3. The Balaban J connectivity index is 1.45. The van der Waals surface area contributed by atoms with Gasteiger partial charge in [-0.25, -0.2) is 4.98 Å². The van der Waals surface area contributed by atoms with Crippen molar-refractivity contribution < 1.29 is 0 Å². The second kappa shape index (κ2) is 7.67. The third-order valence-corrected chi connectivity index (χ3v) is 8.50. The molecule has 0 saturated heterocycles. The summed E-state index contributed by atoms with van der Waals surface area (Å²) < 4.78 is 4.63. The van der Waals surface area contributed by atoms with E-state index in [1.165, 1.54) is 30.6 Å². The first-order valence-electron chi connectivity index (χ1n) is 10.4. The quantitative estimate of drug-likeness (QED) is 0.479. The summed E-state index contributed by atoms with van der Waals surface area (Å²) in [5.41, 5.74) is 0. The van der Waals surface area contributed by atoms with Crippen molar-refractivity contribution in [3.05, 3.63) is 35.7 Å². The molecule has 2 bridgehead atoms. The molecule has 0 N–H and O–H groups in total. The van der Waals surface area contributed by atoms with Crippen molar-refractivity contribution in [1.82, 2.24) is 24.3 Å². The average molecular weight is 414 g/mol. The molecule has 2 saturated carbocycles.